The van der Waals surface area contributed by atoms with Crippen LogP contribution in [-0.4, -0.2) is 49.2 Å². The van der Waals surface area contributed by atoms with Gasteiger partial charge in [0.05, 0.1) is 22.6 Å². The first-order chi connectivity index (χ1) is 26.1. The summed E-state index contributed by atoms with van der Waals surface area (Å²) in [5.74, 6) is 0.360. The fraction of sp³-hybridized carbons (Fsp3) is 0.340. The molecule has 1 atom stereocenters. The van der Waals surface area contributed by atoms with Crippen molar-refractivity contribution in [2.75, 3.05) is 36.5 Å². The third-order valence-electron chi connectivity index (χ3n) is 11.5. The van der Waals surface area contributed by atoms with E-state index in [-0.39, 0.29) is 24.2 Å². The number of ether oxygens (including phenoxy) is 2. The smallest absolute Gasteiger partial charge is 0.338 e. The van der Waals surface area contributed by atoms with Crippen LogP contribution in [0.25, 0.3) is 16.7 Å². The summed E-state index contributed by atoms with van der Waals surface area (Å²) >= 11 is 0. The summed E-state index contributed by atoms with van der Waals surface area (Å²) in [6.45, 7) is 21.0. The summed E-state index contributed by atoms with van der Waals surface area (Å²) < 4.78 is 15.4. The number of anilines is 2. The van der Waals surface area contributed by atoms with E-state index < -0.39 is 17.3 Å². The van der Waals surface area contributed by atoms with Gasteiger partial charge in [0.2, 0.25) is 11.3 Å². The summed E-state index contributed by atoms with van der Waals surface area (Å²) in [4.78, 5) is 29.5. The zero-order valence-electron chi connectivity index (χ0n) is 33.6. The molecule has 1 unspecified atom stereocenters. The molecule has 0 spiro atoms. The SMILES string of the molecule is CCN1c2cc3c(cc2C(C)=CC1(C)C)C(c1ccccc1C(=O)OCC(C)(CNc1ccccc1)C(N)=O)=c1cc2c(cc1O3)=[N+](CC)C(C)(C)C=C2C. The number of hydrogen-bond acceptors (Lipinski definition) is 6. The molecule has 1 amide bonds. The summed E-state index contributed by atoms with van der Waals surface area (Å²) in [7, 11) is 0. The molecule has 0 radical (unpaired) electrons. The summed E-state index contributed by atoms with van der Waals surface area (Å²) in [6, 6.07) is 25.9. The molecule has 7 rings (SSSR count). The summed E-state index contributed by atoms with van der Waals surface area (Å²) in [5, 5.41) is 5.28. The standard InChI is InChI=1S/C47H52N4O4/c1-10-50-38-23-40-36(21-34(38)29(3)25-45(50,5)6)42(37-22-35-30(4)26-46(7,8)51(11-2)39(35)24-41(37)55-40)32-19-15-16-20-33(32)43(52)54-28-47(9,44(48)53)27-49-31-17-13-12-14-18-31/h12-26,49H,10-11,27-28H2,1-9H3,(H-,48,53)/p+1. The van der Waals surface area contributed by atoms with E-state index in [9.17, 15) is 9.59 Å². The van der Waals surface area contributed by atoms with Crippen molar-refractivity contribution in [3.05, 3.63) is 129 Å². The van der Waals surface area contributed by atoms with E-state index in [1.165, 1.54) is 11.1 Å². The molecule has 8 nitrogen and oxygen atoms in total. The van der Waals surface area contributed by atoms with Crippen molar-refractivity contribution in [2.24, 2.45) is 11.1 Å². The van der Waals surface area contributed by atoms with Crippen molar-refractivity contribution in [2.45, 2.75) is 73.4 Å². The number of primary amides is 1. The molecule has 3 heterocycles. The van der Waals surface area contributed by atoms with Crippen molar-refractivity contribution < 1.29 is 19.1 Å². The minimum atomic E-state index is -1.16. The number of fused-ring (bicyclic) bond motifs is 4. The van der Waals surface area contributed by atoms with E-state index >= 15 is 0 Å². The Morgan fingerprint density at radius 3 is 2.24 bits per heavy atom. The first kappa shape index (κ1) is 37.7. The number of nitrogens with zero attached hydrogens (tertiary/aromatic N) is 2. The largest absolute Gasteiger partial charge is 0.461 e. The van der Waals surface area contributed by atoms with E-state index in [1.807, 2.05) is 48.5 Å². The van der Waals surface area contributed by atoms with E-state index in [0.717, 1.165) is 74.4 Å². The average molecular weight is 738 g/mol. The normalized spacial score (nSPS) is 17.3. The zero-order valence-corrected chi connectivity index (χ0v) is 33.6. The number of likely N-dealkylation sites (N-methyl/N-ethyl adjacent to an activating group) is 2. The van der Waals surface area contributed by atoms with E-state index in [0.29, 0.717) is 5.56 Å². The molecule has 55 heavy (non-hydrogen) atoms. The maximum atomic E-state index is 14.3. The van der Waals surface area contributed by atoms with Gasteiger partial charge in [0.15, 0.2) is 5.54 Å². The quantitative estimate of drug-likeness (QED) is 0.114. The van der Waals surface area contributed by atoms with E-state index in [4.69, 9.17) is 15.2 Å². The topological polar surface area (TPSA) is 96.9 Å². The van der Waals surface area contributed by atoms with Gasteiger partial charge in [-0.05, 0) is 102 Å². The average Bonchev–Trinajstić information content (AvgIpc) is 3.14. The van der Waals surface area contributed by atoms with Crippen molar-refractivity contribution in [3.8, 4) is 11.5 Å². The summed E-state index contributed by atoms with van der Waals surface area (Å²) in [6.07, 6.45) is 4.64. The lowest BCUT2D eigenvalue weighted by molar-refractivity contribution is -0.128. The van der Waals surface area contributed by atoms with Crippen LogP contribution in [0.1, 0.15) is 94.9 Å². The number of hydrogen-bond donors (Lipinski definition) is 2. The van der Waals surface area contributed by atoms with E-state index in [2.05, 4.69) is 107 Å². The van der Waals surface area contributed by atoms with Gasteiger partial charge in [0, 0.05) is 71.9 Å². The van der Waals surface area contributed by atoms with Crippen molar-refractivity contribution >= 4 is 40.0 Å². The molecule has 3 N–H and O–H groups in total. The van der Waals surface area contributed by atoms with Gasteiger partial charge in [-0.3, -0.25) is 4.79 Å². The van der Waals surface area contributed by atoms with Crippen LogP contribution in [0.5, 0.6) is 11.5 Å². The third-order valence-corrected chi connectivity index (χ3v) is 11.5. The number of nitrogens with one attached hydrogen (secondary N) is 1. The highest BCUT2D eigenvalue weighted by Gasteiger charge is 2.37. The molecule has 3 aliphatic heterocycles. The third kappa shape index (κ3) is 6.62. The van der Waals surface area contributed by atoms with Crippen molar-refractivity contribution in [1.29, 1.82) is 0 Å². The van der Waals surface area contributed by atoms with Gasteiger partial charge in [-0.15, -0.1) is 0 Å². The number of benzene rings is 4. The van der Waals surface area contributed by atoms with Crippen LogP contribution in [0.2, 0.25) is 0 Å². The van der Waals surface area contributed by atoms with Crippen molar-refractivity contribution in [1.82, 2.24) is 4.58 Å². The molecular formula is C47H53N4O4+. The van der Waals surface area contributed by atoms with Gasteiger partial charge >= 0.3 is 5.97 Å². The van der Waals surface area contributed by atoms with Crippen LogP contribution in [0, 0.1) is 5.41 Å². The van der Waals surface area contributed by atoms with Crippen LogP contribution >= 0.6 is 0 Å². The monoisotopic (exact) mass is 737 g/mol. The fourth-order valence-electron chi connectivity index (χ4n) is 8.72. The van der Waals surface area contributed by atoms with Crippen LogP contribution in [0.15, 0.2) is 91.0 Å². The van der Waals surface area contributed by atoms with Crippen molar-refractivity contribution in [3.63, 3.8) is 0 Å². The highest BCUT2D eigenvalue weighted by atomic mass is 16.5. The number of esters is 1. The predicted molar refractivity (Wildman–Crippen MR) is 223 cm³/mol. The molecule has 0 saturated heterocycles. The molecule has 0 fully saturated rings. The van der Waals surface area contributed by atoms with Gasteiger partial charge < -0.3 is 25.4 Å². The van der Waals surface area contributed by atoms with Crippen LogP contribution < -0.4 is 35.8 Å². The molecule has 0 aliphatic carbocycles. The van der Waals surface area contributed by atoms with Crippen LogP contribution in [-0.2, 0) is 9.53 Å². The summed E-state index contributed by atoms with van der Waals surface area (Å²) in [5.41, 5.74) is 13.9. The van der Waals surface area contributed by atoms with Gasteiger partial charge in [-0.1, -0.05) is 42.5 Å². The maximum Gasteiger partial charge on any atom is 0.338 e. The second-order valence-corrected chi connectivity index (χ2v) is 16.4. The number of carbonyl (C=O) groups is 2. The lowest BCUT2D eigenvalue weighted by Gasteiger charge is -2.43. The Morgan fingerprint density at radius 2 is 1.55 bits per heavy atom. The number of allylic oxidation sites excluding steroid dienone is 2. The number of nitrogens with two attached hydrogens (primary N) is 1. The molecule has 4 aromatic carbocycles. The lowest BCUT2D eigenvalue weighted by atomic mass is 9.83. The van der Waals surface area contributed by atoms with Crippen LogP contribution in [0.4, 0.5) is 11.4 Å². The Bertz CT molecular complexity index is 2420. The number of carbonyl (C=O) groups excluding carboxylic acids is 2. The molecule has 4 aromatic rings. The second kappa shape index (κ2) is 13.9. The first-order valence-corrected chi connectivity index (χ1v) is 19.3. The van der Waals surface area contributed by atoms with Gasteiger partial charge in [-0.25, -0.2) is 9.37 Å². The first-order valence-electron chi connectivity index (χ1n) is 19.3. The Morgan fingerprint density at radius 1 is 0.855 bits per heavy atom. The molecule has 8 heteroatoms. The Kier molecular flexibility index (Phi) is 9.52. The zero-order chi connectivity index (χ0) is 39.4. The van der Waals surface area contributed by atoms with E-state index in [1.54, 1.807) is 13.0 Å². The number of para-hydroxylation sites is 1. The molecule has 284 valence electrons. The van der Waals surface area contributed by atoms with Gasteiger partial charge in [-0.2, -0.15) is 0 Å². The number of amides is 1. The Hall–Kier alpha value is -5.63. The molecule has 0 bridgehead atoms. The lowest BCUT2D eigenvalue weighted by Crippen LogP contribution is -2.49. The minimum absolute atomic E-state index is 0.179. The predicted octanol–water partition coefficient (Wildman–Crippen LogP) is 7.53. The van der Waals surface area contributed by atoms with Crippen LogP contribution in [0.3, 0.4) is 0 Å². The minimum Gasteiger partial charge on any atom is -0.461 e. The molecule has 0 aromatic heterocycles. The Balaban J connectivity index is 1.41. The highest BCUT2D eigenvalue weighted by Crippen LogP contribution is 2.46. The molecule has 0 saturated carbocycles. The Labute approximate surface area is 324 Å². The second-order valence-electron chi connectivity index (χ2n) is 16.4. The maximum absolute atomic E-state index is 14.3. The van der Waals surface area contributed by atoms with Gasteiger partial charge in [0.1, 0.15) is 24.7 Å². The molecule has 3 aliphatic rings. The molecular weight excluding hydrogens is 685 g/mol. The number of rotatable bonds is 10. The van der Waals surface area contributed by atoms with Gasteiger partial charge in [0.25, 0.3) is 0 Å². The fourth-order valence-corrected chi connectivity index (χ4v) is 8.72. The highest BCUT2D eigenvalue weighted by molar-refractivity contribution is 6.00.